The lowest BCUT2D eigenvalue weighted by Crippen LogP contribution is -2.49. The van der Waals surface area contributed by atoms with Gasteiger partial charge in [-0.25, -0.2) is 9.97 Å². The molecule has 6 rings (SSSR count). The van der Waals surface area contributed by atoms with Crippen molar-refractivity contribution in [2.75, 3.05) is 46.1 Å². The lowest BCUT2D eigenvalue weighted by atomic mass is 9.83. The highest BCUT2D eigenvalue weighted by molar-refractivity contribution is 6.42. The van der Waals surface area contributed by atoms with E-state index in [2.05, 4.69) is 44.7 Å². The number of anilines is 1. The van der Waals surface area contributed by atoms with Crippen LogP contribution in [0.4, 0.5) is 5.82 Å². The van der Waals surface area contributed by atoms with Gasteiger partial charge in [-0.1, -0.05) is 49.2 Å². The first-order valence-corrected chi connectivity index (χ1v) is 16.6. The molecule has 2 N–H and O–H groups in total. The fraction of sp³-hybridized carbons (Fsp3) is 0.457. The van der Waals surface area contributed by atoms with Crippen LogP contribution in [0.25, 0.3) is 22.2 Å². The molecule has 2 unspecified atom stereocenters. The van der Waals surface area contributed by atoms with E-state index in [4.69, 9.17) is 38.7 Å². The van der Waals surface area contributed by atoms with E-state index in [-0.39, 0.29) is 17.6 Å². The Bertz CT molecular complexity index is 1690. The summed E-state index contributed by atoms with van der Waals surface area (Å²) in [6.07, 6.45) is 8.34. The topological polar surface area (TPSA) is 89.5 Å². The Morgan fingerprint density at radius 3 is 2.36 bits per heavy atom. The highest BCUT2D eigenvalue weighted by Gasteiger charge is 2.31. The van der Waals surface area contributed by atoms with Crippen molar-refractivity contribution in [2.45, 2.75) is 57.5 Å². The fourth-order valence-corrected chi connectivity index (χ4v) is 7.46. The Morgan fingerprint density at radius 1 is 0.956 bits per heavy atom. The number of benzene rings is 2. The predicted octanol–water partition coefficient (Wildman–Crippen LogP) is 7.35. The largest absolute Gasteiger partial charge is 0.496 e. The number of rotatable bonds is 8. The van der Waals surface area contributed by atoms with E-state index in [0.29, 0.717) is 33.5 Å². The van der Waals surface area contributed by atoms with Crippen LogP contribution in [-0.2, 0) is 0 Å². The van der Waals surface area contributed by atoms with Gasteiger partial charge in [0.15, 0.2) is 5.78 Å². The van der Waals surface area contributed by atoms with Gasteiger partial charge in [-0.05, 0) is 74.0 Å². The van der Waals surface area contributed by atoms with Crippen molar-refractivity contribution in [2.24, 2.45) is 5.92 Å². The molecule has 0 spiro atoms. The van der Waals surface area contributed by atoms with Crippen LogP contribution in [0.2, 0.25) is 10.0 Å². The van der Waals surface area contributed by atoms with Crippen LogP contribution in [0, 0.1) is 5.92 Å². The molecule has 0 amide bonds. The van der Waals surface area contributed by atoms with Crippen molar-refractivity contribution in [3.63, 3.8) is 0 Å². The molecule has 0 bridgehead atoms. The summed E-state index contributed by atoms with van der Waals surface area (Å²) in [5.74, 6) is 0.771. The average molecular weight is 650 g/mol. The van der Waals surface area contributed by atoms with Crippen molar-refractivity contribution in [1.82, 2.24) is 24.3 Å². The van der Waals surface area contributed by atoms with Gasteiger partial charge in [-0.15, -0.1) is 0 Å². The van der Waals surface area contributed by atoms with Crippen LogP contribution in [0.15, 0.2) is 48.9 Å². The minimum Gasteiger partial charge on any atom is -0.496 e. The number of nitrogen functional groups attached to an aromatic ring is 1. The minimum atomic E-state index is -0.311. The molecule has 1 saturated heterocycles. The van der Waals surface area contributed by atoms with Crippen LogP contribution in [0.3, 0.4) is 0 Å². The maximum atomic E-state index is 13.4. The average Bonchev–Trinajstić information content (AvgIpc) is 3.46. The number of hydrogen-bond acceptors (Lipinski definition) is 7. The molecule has 4 aromatic rings. The van der Waals surface area contributed by atoms with Crippen LogP contribution in [0.1, 0.15) is 67.4 Å². The molecule has 2 aromatic carbocycles. The number of carbonyl (C=O) groups is 1. The standard InChI is InChI=1S/C35H42Cl2N6O2/c1-21(22(2)33(44)24-6-12-29(36)30(37)17-24)27-11-5-23(18-31(27)45-4)28-19-43(35-32(28)34(38)39-20-40-35)26-9-7-25(8-10-26)42-15-13-41(3)14-16-42/h5-6,11-12,17-22,25-26H,7-10,13-16H2,1-4H3,(H2,38,39,40). The van der Waals surface area contributed by atoms with Crippen LogP contribution >= 0.6 is 23.2 Å². The number of Topliss-reactive ketones (excluding diaryl/α,β-unsaturated/α-hetero) is 1. The number of likely N-dealkylation sites (N-methyl/N-ethyl adjacent to an activating group) is 1. The Balaban J connectivity index is 1.26. The van der Waals surface area contributed by atoms with E-state index in [1.807, 2.05) is 19.9 Å². The summed E-state index contributed by atoms with van der Waals surface area (Å²) in [6.45, 7) is 8.60. The lowest BCUT2D eigenvalue weighted by molar-refractivity contribution is 0.0828. The summed E-state index contributed by atoms with van der Waals surface area (Å²) < 4.78 is 8.24. The smallest absolute Gasteiger partial charge is 0.166 e. The lowest BCUT2D eigenvalue weighted by Gasteiger charge is -2.41. The van der Waals surface area contributed by atoms with Crippen molar-refractivity contribution in [3.05, 3.63) is 70.1 Å². The second-order valence-corrected chi connectivity index (χ2v) is 13.6. The Hall–Kier alpha value is -3.17. The fourth-order valence-electron chi connectivity index (χ4n) is 7.16. The second kappa shape index (κ2) is 13.3. The zero-order chi connectivity index (χ0) is 31.8. The van der Waals surface area contributed by atoms with Gasteiger partial charge in [-0.3, -0.25) is 9.69 Å². The van der Waals surface area contributed by atoms with Gasteiger partial charge in [0, 0.05) is 61.5 Å². The Morgan fingerprint density at radius 2 is 1.67 bits per heavy atom. The van der Waals surface area contributed by atoms with Gasteiger partial charge in [-0.2, -0.15) is 0 Å². The molecular weight excluding hydrogens is 607 g/mol. The number of aromatic nitrogens is 3. The second-order valence-electron chi connectivity index (χ2n) is 12.7. The summed E-state index contributed by atoms with van der Waals surface area (Å²) in [5.41, 5.74) is 10.8. The van der Waals surface area contributed by atoms with E-state index in [1.54, 1.807) is 31.6 Å². The predicted molar refractivity (Wildman–Crippen MR) is 183 cm³/mol. The quantitative estimate of drug-likeness (QED) is 0.200. The first kappa shape index (κ1) is 31.8. The third kappa shape index (κ3) is 6.30. The number of hydrogen-bond donors (Lipinski definition) is 1. The third-order valence-corrected chi connectivity index (χ3v) is 10.9. The molecule has 1 aliphatic carbocycles. The highest BCUT2D eigenvalue weighted by atomic mass is 35.5. The molecule has 2 aromatic heterocycles. The number of ketones is 1. The number of nitrogens with two attached hydrogens (primary N) is 1. The first-order valence-electron chi connectivity index (χ1n) is 15.9. The SMILES string of the molecule is COc1cc(-c2cn(C3CCC(N4CCN(C)CC4)CC3)c3ncnc(N)c23)ccc1C(C)C(C)C(=O)c1ccc(Cl)c(Cl)c1. The van der Waals surface area contributed by atoms with E-state index >= 15 is 0 Å². The molecule has 10 heteroatoms. The summed E-state index contributed by atoms with van der Waals surface area (Å²) in [5, 5.41) is 1.66. The molecule has 1 saturated carbocycles. The van der Waals surface area contributed by atoms with Crippen molar-refractivity contribution in [1.29, 1.82) is 0 Å². The number of piperazine rings is 1. The summed E-state index contributed by atoms with van der Waals surface area (Å²) in [7, 11) is 3.88. The number of halogens is 2. The molecule has 2 atom stereocenters. The van der Waals surface area contributed by atoms with E-state index < -0.39 is 0 Å². The number of methoxy groups -OCH3 is 1. The van der Waals surface area contributed by atoms with Crippen LogP contribution in [0.5, 0.6) is 5.75 Å². The van der Waals surface area contributed by atoms with Crippen LogP contribution in [-0.4, -0.2) is 76.5 Å². The van der Waals surface area contributed by atoms with E-state index in [9.17, 15) is 4.79 Å². The maximum absolute atomic E-state index is 13.4. The van der Waals surface area contributed by atoms with Gasteiger partial charge in [0.25, 0.3) is 0 Å². The summed E-state index contributed by atoms with van der Waals surface area (Å²) >= 11 is 12.3. The monoisotopic (exact) mass is 648 g/mol. The molecule has 1 aliphatic heterocycles. The van der Waals surface area contributed by atoms with Gasteiger partial charge in [0.05, 0.1) is 22.5 Å². The molecule has 3 heterocycles. The van der Waals surface area contributed by atoms with Gasteiger partial charge >= 0.3 is 0 Å². The molecule has 8 nitrogen and oxygen atoms in total. The first-order chi connectivity index (χ1) is 21.7. The minimum absolute atomic E-state index is 0.00235. The number of fused-ring (bicyclic) bond motifs is 1. The van der Waals surface area contributed by atoms with Gasteiger partial charge in [0.1, 0.15) is 23.5 Å². The summed E-state index contributed by atoms with van der Waals surface area (Å²) in [4.78, 5) is 27.6. The molecule has 0 radical (unpaired) electrons. The van der Waals surface area contributed by atoms with Crippen LogP contribution < -0.4 is 10.5 Å². The molecule has 2 aliphatic rings. The zero-order valence-corrected chi connectivity index (χ0v) is 28.0. The van der Waals surface area contributed by atoms with E-state index in [1.165, 1.54) is 12.8 Å². The molecule has 45 heavy (non-hydrogen) atoms. The van der Waals surface area contributed by atoms with E-state index in [0.717, 1.165) is 72.5 Å². The normalized spacial score (nSPS) is 21.1. The summed E-state index contributed by atoms with van der Waals surface area (Å²) in [6, 6.07) is 12.2. The molecular formula is C35H42Cl2N6O2. The maximum Gasteiger partial charge on any atom is 0.166 e. The number of nitrogens with zero attached hydrogens (tertiary/aromatic N) is 5. The number of carbonyl (C=O) groups excluding carboxylic acids is 1. The highest BCUT2D eigenvalue weighted by Crippen LogP contribution is 2.42. The third-order valence-electron chi connectivity index (χ3n) is 10.2. The zero-order valence-electron chi connectivity index (χ0n) is 26.5. The van der Waals surface area contributed by atoms with Gasteiger partial charge < -0.3 is 19.9 Å². The van der Waals surface area contributed by atoms with Crippen molar-refractivity contribution < 1.29 is 9.53 Å². The van der Waals surface area contributed by atoms with Crippen molar-refractivity contribution in [3.8, 4) is 16.9 Å². The Kier molecular flexibility index (Phi) is 9.39. The molecule has 238 valence electrons. The Labute approximate surface area is 275 Å². The van der Waals surface area contributed by atoms with Crippen molar-refractivity contribution >= 4 is 45.8 Å². The molecule has 2 fully saturated rings. The van der Waals surface area contributed by atoms with Gasteiger partial charge in [0.2, 0.25) is 0 Å². The number of ether oxygens (including phenoxy) is 1.